The SMILES string of the molecule is COCC(CCCN)NC1CCC(=O)N(C)C1. The number of nitrogens with one attached hydrogen (secondary N) is 1. The van der Waals surface area contributed by atoms with Gasteiger partial charge in [0.1, 0.15) is 0 Å². The van der Waals surface area contributed by atoms with Crippen LogP contribution >= 0.6 is 0 Å². The summed E-state index contributed by atoms with van der Waals surface area (Å²) in [5.41, 5.74) is 5.52. The number of nitrogens with zero attached hydrogens (tertiary/aromatic N) is 1. The van der Waals surface area contributed by atoms with Gasteiger partial charge in [-0.15, -0.1) is 0 Å². The first-order chi connectivity index (χ1) is 8.17. The molecule has 1 heterocycles. The summed E-state index contributed by atoms with van der Waals surface area (Å²) in [7, 11) is 3.58. The molecule has 17 heavy (non-hydrogen) atoms. The van der Waals surface area contributed by atoms with Crippen molar-refractivity contribution in [3.63, 3.8) is 0 Å². The van der Waals surface area contributed by atoms with Crippen molar-refractivity contribution in [1.29, 1.82) is 0 Å². The molecule has 0 aromatic heterocycles. The number of nitrogens with two attached hydrogens (primary N) is 1. The quantitative estimate of drug-likeness (QED) is 0.658. The molecule has 1 amide bonds. The van der Waals surface area contributed by atoms with Crippen molar-refractivity contribution in [2.75, 3.05) is 33.9 Å². The summed E-state index contributed by atoms with van der Waals surface area (Å²) < 4.78 is 5.21. The normalized spacial score (nSPS) is 22.9. The van der Waals surface area contributed by atoms with Gasteiger partial charge < -0.3 is 20.7 Å². The molecule has 5 nitrogen and oxygen atoms in total. The van der Waals surface area contributed by atoms with E-state index in [2.05, 4.69) is 5.32 Å². The average Bonchev–Trinajstić information content (AvgIpc) is 2.31. The van der Waals surface area contributed by atoms with Gasteiger partial charge in [0.25, 0.3) is 0 Å². The molecular weight excluding hydrogens is 218 g/mol. The number of carbonyl (C=O) groups excluding carboxylic acids is 1. The summed E-state index contributed by atoms with van der Waals surface area (Å²) in [6.07, 6.45) is 3.60. The third kappa shape index (κ3) is 5.02. The maximum absolute atomic E-state index is 11.4. The number of hydrogen-bond donors (Lipinski definition) is 2. The third-order valence-electron chi connectivity index (χ3n) is 3.22. The Kier molecular flexibility index (Phi) is 6.47. The first kappa shape index (κ1) is 14.4. The standard InChI is InChI=1S/C12H25N3O2/c1-15-8-10(5-6-12(15)16)14-11(9-17-2)4-3-7-13/h10-11,14H,3-9,13H2,1-2H3. The fraction of sp³-hybridized carbons (Fsp3) is 0.917. The summed E-state index contributed by atoms with van der Waals surface area (Å²) >= 11 is 0. The van der Waals surface area contributed by atoms with Gasteiger partial charge in [-0.05, 0) is 25.8 Å². The van der Waals surface area contributed by atoms with Gasteiger partial charge in [-0.3, -0.25) is 4.79 Å². The number of methoxy groups -OCH3 is 1. The molecule has 5 heteroatoms. The molecule has 0 aliphatic carbocycles. The van der Waals surface area contributed by atoms with Crippen LogP contribution in [0.15, 0.2) is 0 Å². The van der Waals surface area contributed by atoms with E-state index in [4.69, 9.17) is 10.5 Å². The van der Waals surface area contributed by atoms with E-state index in [9.17, 15) is 4.79 Å². The van der Waals surface area contributed by atoms with Crippen LogP contribution in [0.25, 0.3) is 0 Å². The van der Waals surface area contributed by atoms with Crippen LogP contribution in [-0.4, -0.2) is 56.7 Å². The van der Waals surface area contributed by atoms with Gasteiger partial charge in [-0.25, -0.2) is 0 Å². The second-order valence-electron chi connectivity index (χ2n) is 4.76. The Labute approximate surface area is 104 Å². The number of carbonyl (C=O) groups is 1. The number of amides is 1. The van der Waals surface area contributed by atoms with Crippen LogP contribution in [-0.2, 0) is 9.53 Å². The van der Waals surface area contributed by atoms with Crippen LogP contribution in [0.5, 0.6) is 0 Å². The van der Waals surface area contributed by atoms with E-state index in [1.165, 1.54) is 0 Å². The van der Waals surface area contributed by atoms with Crippen molar-refractivity contribution in [2.24, 2.45) is 5.73 Å². The van der Waals surface area contributed by atoms with E-state index in [0.717, 1.165) is 25.8 Å². The van der Waals surface area contributed by atoms with E-state index in [1.807, 2.05) is 7.05 Å². The first-order valence-electron chi connectivity index (χ1n) is 6.36. The predicted octanol–water partition coefficient (Wildman–Crippen LogP) is -0.0493. The minimum absolute atomic E-state index is 0.244. The molecule has 2 atom stereocenters. The zero-order valence-corrected chi connectivity index (χ0v) is 10.9. The number of rotatable bonds is 7. The second kappa shape index (κ2) is 7.63. The smallest absolute Gasteiger partial charge is 0.222 e. The summed E-state index contributed by atoms with van der Waals surface area (Å²) in [6, 6.07) is 0.728. The molecule has 1 fully saturated rings. The molecule has 1 rings (SSSR count). The summed E-state index contributed by atoms with van der Waals surface area (Å²) in [4.78, 5) is 13.2. The molecular formula is C12H25N3O2. The molecule has 0 aromatic rings. The topological polar surface area (TPSA) is 67.6 Å². The average molecular weight is 243 g/mol. The monoisotopic (exact) mass is 243 g/mol. The van der Waals surface area contributed by atoms with E-state index < -0.39 is 0 Å². The molecule has 1 aliphatic heterocycles. The zero-order valence-electron chi connectivity index (χ0n) is 10.9. The minimum Gasteiger partial charge on any atom is -0.383 e. The Bertz CT molecular complexity index is 236. The molecule has 0 bridgehead atoms. The van der Waals surface area contributed by atoms with E-state index in [-0.39, 0.29) is 5.91 Å². The van der Waals surface area contributed by atoms with Crippen LogP contribution in [0.1, 0.15) is 25.7 Å². The van der Waals surface area contributed by atoms with Crippen molar-refractivity contribution >= 4 is 5.91 Å². The molecule has 0 saturated carbocycles. The summed E-state index contributed by atoms with van der Waals surface area (Å²) in [5, 5.41) is 3.57. The van der Waals surface area contributed by atoms with Gasteiger partial charge in [0.05, 0.1) is 6.61 Å². The Balaban J connectivity index is 2.35. The minimum atomic E-state index is 0.244. The second-order valence-corrected chi connectivity index (χ2v) is 4.76. The molecule has 0 spiro atoms. The predicted molar refractivity (Wildman–Crippen MR) is 67.7 cm³/mol. The van der Waals surface area contributed by atoms with Crippen molar-refractivity contribution in [3.8, 4) is 0 Å². The highest BCUT2D eigenvalue weighted by molar-refractivity contribution is 5.76. The van der Waals surface area contributed by atoms with Gasteiger partial charge in [0.2, 0.25) is 5.91 Å². The maximum Gasteiger partial charge on any atom is 0.222 e. The Hall–Kier alpha value is -0.650. The Morgan fingerprint density at radius 2 is 2.41 bits per heavy atom. The first-order valence-corrected chi connectivity index (χ1v) is 6.36. The van der Waals surface area contributed by atoms with E-state index >= 15 is 0 Å². The van der Waals surface area contributed by atoms with Crippen LogP contribution in [0.4, 0.5) is 0 Å². The largest absolute Gasteiger partial charge is 0.383 e. The van der Waals surface area contributed by atoms with Crippen molar-refractivity contribution in [3.05, 3.63) is 0 Å². The molecule has 0 radical (unpaired) electrons. The fourth-order valence-corrected chi connectivity index (χ4v) is 2.26. The van der Waals surface area contributed by atoms with Crippen LogP contribution < -0.4 is 11.1 Å². The number of hydrogen-bond acceptors (Lipinski definition) is 4. The third-order valence-corrected chi connectivity index (χ3v) is 3.22. The van der Waals surface area contributed by atoms with Gasteiger partial charge >= 0.3 is 0 Å². The van der Waals surface area contributed by atoms with E-state index in [0.29, 0.717) is 31.7 Å². The van der Waals surface area contributed by atoms with E-state index in [1.54, 1.807) is 12.0 Å². The van der Waals surface area contributed by atoms with Gasteiger partial charge in [0, 0.05) is 39.2 Å². The van der Waals surface area contributed by atoms with Crippen LogP contribution in [0, 0.1) is 0 Å². The molecule has 3 N–H and O–H groups in total. The number of ether oxygens (including phenoxy) is 1. The molecule has 1 saturated heterocycles. The Morgan fingerprint density at radius 1 is 1.65 bits per heavy atom. The summed E-state index contributed by atoms with van der Waals surface area (Å²) in [5.74, 6) is 0.244. The van der Waals surface area contributed by atoms with Crippen LogP contribution in [0.2, 0.25) is 0 Å². The molecule has 2 unspecified atom stereocenters. The highest BCUT2D eigenvalue weighted by Gasteiger charge is 2.24. The van der Waals surface area contributed by atoms with Gasteiger partial charge in [0.15, 0.2) is 0 Å². The van der Waals surface area contributed by atoms with Gasteiger partial charge in [-0.1, -0.05) is 0 Å². The highest BCUT2D eigenvalue weighted by atomic mass is 16.5. The lowest BCUT2D eigenvalue weighted by Gasteiger charge is -2.33. The fourth-order valence-electron chi connectivity index (χ4n) is 2.26. The Morgan fingerprint density at radius 3 is 3.00 bits per heavy atom. The lowest BCUT2D eigenvalue weighted by molar-refractivity contribution is -0.132. The summed E-state index contributed by atoms with van der Waals surface area (Å²) in [6.45, 7) is 2.21. The lowest BCUT2D eigenvalue weighted by Crippen LogP contribution is -2.50. The number of piperidine rings is 1. The molecule has 100 valence electrons. The number of likely N-dealkylation sites (N-methyl/N-ethyl adjacent to an activating group) is 1. The van der Waals surface area contributed by atoms with Gasteiger partial charge in [-0.2, -0.15) is 0 Å². The number of likely N-dealkylation sites (tertiary alicyclic amines) is 1. The van der Waals surface area contributed by atoms with Crippen LogP contribution in [0.3, 0.4) is 0 Å². The van der Waals surface area contributed by atoms with Crippen molar-refractivity contribution in [2.45, 2.75) is 37.8 Å². The maximum atomic E-state index is 11.4. The zero-order chi connectivity index (χ0) is 12.7. The highest BCUT2D eigenvalue weighted by Crippen LogP contribution is 2.11. The van der Waals surface area contributed by atoms with Crippen molar-refractivity contribution < 1.29 is 9.53 Å². The molecule has 1 aliphatic rings. The lowest BCUT2D eigenvalue weighted by atomic mass is 10.0. The van der Waals surface area contributed by atoms with Crippen molar-refractivity contribution in [1.82, 2.24) is 10.2 Å². The molecule has 0 aromatic carbocycles.